The van der Waals surface area contributed by atoms with Gasteiger partial charge in [-0.2, -0.15) is 0 Å². The molecule has 1 atom stereocenters. The average molecular weight is 374 g/mol. The monoisotopic (exact) mass is 374 g/mol. The van der Waals surface area contributed by atoms with E-state index >= 15 is 0 Å². The fraction of sp³-hybridized carbons (Fsp3) is 0.632. The van der Waals surface area contributed by atoms with E-state index in [0.29, 0.717) is 26.2 Å². The van der Waals surface area contributed by atoms with Gasteiger partial charge in [0, 0.05) is 33.7 Å². The van der Waals surface area contributed by atoms with E-state index < -0.39 is 5.60 Å². The van der Waals surface area contributed by atoms with E-state index in [1.807, 2.05) is 58.0 Å². The molecular weight excluding hydrogens is 344 g/mol. The van der Waals surface area contributed by atoms with E-state index in [0.717, 1.165) is 24.0 Å². The molecule has 2 aliphatic rings. The van der Waals surface area contributed by atoms with Crippen molar-refractivity contribution in [2.75, 3.05) is 45.2 Å². The standard InChI is InChI=1S/C19H30N6O2/c1-19(2,3)27-18(26)24-9-10-25-15(13-24)12-21-17(25)20-11-14-7-6-8-16(22-14)23(4)5/h6-8,15H,9-13H2,1-5H3,(H,20,21). The van der Waals surface area contributed by atoms with Crippen LogP contribution < -0.4 is 10.2 Å². The molecule has 27 heavy (non-hydrogen) atoms. The zero-order valence-corrected chi connectivity index (χ0v) is 16.9. The van der Waals surface area contributed by atoms with Crippen molar-refractivity contribution >= 4 is 17.9 Å². The first-order valence-electron chi connectivity index (χ1n) is 9.39. The van der Waals surface area contributed by atoms with Gasteiger partial charge in [-0.25, -0.2) is 9.78 Å². The molecule has 1 saturated heterocycles. The molecule has 1 unspecified atom stereocenters. The van der Waals surface area contributed by atoms with Gasteiger partial charge in [0.05, 0.1) is 24.8 Å². The Bertz CT molecular complexity index is 712. The number of carbonyl (C=O) groups excluding carboxylic acids is 1. The number of ether oxygens (including phenoxy) is 1. The van der Waals surface area contributed by atoms with Crippen molar-refractivity contribution in [2.45, 2.75) is 39.0 Å². The maximum atomic E-state index is 12.3. The first kappa shape index (κ1) is 19.3. The highest BCUT2D eigenvalue weighted by molar-refractivity contribution is 5.82. The van der Waals surface area contributed by atoms with Crippen molar-refractivity contribution in [1.82, 2.24) is 20.1 Å². The molecule has 0 bridgehead atoms. The quantitative estimate of drug-likeness (QED) is 0.865. The summed E-state index contributed by atoms with van der Waals surface area (Å²) in [6, 6.07) is 6.21. The Morgan fingerprint density at radius 3 is 2.81 bits per heavy atom. The first-order chi connectivity index (χ1) is 12.7. The molecule has 1 N–H and O–H groups in total. The number of aromatic nitrogens is 1. The number of nitrogens with zero attached hydrogens (tertiary/aromatic N) is 5. The maximum absolute atomic E-state index is 12.3. The van der Waals surface area contributed by atoms with Crippen LogP contribution >= 0.6 is 0 Å². The number of amides is 1. The predicted octanol–water partition coefficient (Wildman–Crippen LogP) is 1.53. The predicted molar refractivity (Wildman–Crippen MR) is 106 cm³/mol. The third-order valence-corrected chi connectivity index (χ3v) is 4.54. The van der Waals surface area contributed by atoms with Crippen LogP contribution in [0.3, 0.4) is 0 Å². The topological polar surface area (TPSA) is 73.3 Å². The normalized spacial score (nSPS) is 19.4. The second-order valence-electron chi connectivity index (χ2n) is 8.17. The van der Waals surface area contributed by atoms with E-state index in [1.54, 1.807) is 4.90 Å². The van der Waals surface area contributed by atoms with Crippen molar-refractivity contribution in [3.05, 3.63) is 23.9 Å². The summed E-state index contributed by atoms with van der Waals surface area (Å²) >= 11 is 0. The molecule has 8 heteroatoms. The lowest BCUT2D eigenvalue weighted by molar-refractivity contribution is 0.0137. The van der Waals surface area contributed by atoms with Crippen LogP contribution in [0.25, 0.3) is 0 Å². The van der Waals surface area contributed by atoms with Gasteiger partial charge < -0.3 is 24.8 Å². The second-order valence-corrected chi connectivity index (χ2v) is 8.17. The zero-order valence-electron chi connectivity index (χ0n) is 16.9. The number of pyridine rings is 1. The molecule has 1 fully saturated rings. The summed E-state index contributed by atoms with van der Waals surface area (Å²) in [4.78, 5) is 27.6. The van der Waals surface area contributed by atoms with Crippen molar-refractivity contribution in [3.63, 3.8) is 0 Å². The molecule has 1 amide bonds. The summed E-state index contributed by atoms with van der Waals surface area (Å²) in [5, 5.41) is 3.41. The molecule has 0 saturated carbocycles. The van der Waals surface area contributed by atoms with Crippen LogP contribution in [0.15, 0.2) is 23.2 Å². The Balaban J connectivity index is 1.53. The van der Waals surface area contributed by atoms with E-state index in [1.165, 1.54) is 0 Å². The Hall–Kier alpha value is -2.51. The van der Waals surface area contributed by atoms with Crippen LogP contribution in [0, 0.1) is 0 Å². The molecule has 0 spiro atoms. The van der Waals surface area contributed by atoms with E-state index in [9.17, 15) is 4.79 Å². The summed E-state index contributed by atoms with van der Waals surface area (Å²) in [5.41, 5.74) is 0.501. The Morgan fingerprint density at radius 1 is 1.33 bits per heavy atom. The number of anilines is 1. The number of rotatable bonds is 3. The van der Waals surface area contributed by atoms with E-state index in [4.69, 9.17) is 4.74 Å². The van der Waals surface area contributed by atoms with Crippen LogP contribution in [0.5, 0.6) is 0 Å². The summed E-state index contributed by atoms with van der Waals surface area (Å²) in [6.45, 7) is 9.01. The molecular formula is C19H30N6O2. The van der Waals surface area contributed by atoms with Gasteiger partial charge in [-0.15, -0.1) is 0 Å². The molecule has 0 radical (unpaired) electrons. The van der Waals surface area contributed by atoms with Crippen LogP contribution in [0.2, 0.25) is 0 Å². The van der Waals surface area contributed by atoms with Gasteiger partial charge in [0.2, 0.25) is 0 Å². The van der Waals surface area contributed by atoms with Crippen LogP contribution in [0.4, 0.5) is 10.6 Å². The lowest BCUT2D eigenvalue weighted by atomic mass is 10.2. The first-order valence-corrected chi connectivity index (χ1v) is 9.39. The SMILES string of the molecule is CN(C)c1cccc(CNC2=NCC3CN(C(=O)OC(C)(C)C)CCN23)n1. The number of piperazine rings is 1. The van der Waals surface area contributed by atoms with Gasteiger partial charge >= 0.3 is 6.09 Å². The van der Waals surface area contributed by atoms with Crippen LogP contribution in [0.1, 0.15) is 26.5 Å². The van der Waals surface area contributed by atoms with Gasteiger partial charge in [0.25, 0.3) is 0 Å². The summed E-state index contributed by atoms with van der Waals surface area (Å²) in [6.07, 6.45) is -0.242. The molecule has 2 aliphatic heterocycles. The number of hydrogen-bond donors (Lipinski definition) is 1. The third kappa shape index (κ3) is 4.81. The minimum atomic E-state index is -0.471. The number of nitrogens with one attached hydrogen (secondary N) is 1. The van der Waals surface area contributed by atoms with Gasteiger partial charge in [0.1, 0.15) is 11.4 Å². The van der Waals surface area contributed by atoms with Gasteiger partial charge in [0.15, 0.2) is 5.96 Å². The lowest BCUT2D eigenvalue weighted by Crippen LogP contribution is -2.57. The van der Waals surface area contributed by atoms with Crippen molar-refractivity contribution in [2.24, 2.45) is 4.99 Å². The summed E-state index contributed by atoms with van der Waals surface area (Å²) < 4.78 is 5.49. The fourth-order valence-corrected chi connectivity index (χ4v) is 3.21. The lowest BCUT2D eigenvalue weighted by Gasteiger charge is -2.39. The number of guanidine groups is 1. The molecule has 1 aromatic heterocycles. The largest absolute Gasteiger partial charge is 0.444 e. The average Bonchev–Trinajstić information content (AvgIpc) is 3.01. The molecule has 1 aromatic rings. The third-order valence-electron chi connectivity index (χ3n) is 4.54. The number of fused-ring (bicyclic) bond motifs is 1. The Labute approximate surface area is 161 Å². The highest BCUT2D eigenvalue weighted by Crippen LogP contribution is 2.19. The Morgan fingerprint density at radius 2 is 2.11 bits per heavy atom. The fourth-order valence-electron chi connectivity index (χ4n) is 3.21. The van der Waals surface area contributed by atoms with Gasteiger partial charge in [-0.3, -0.25) is 4.99 Å². The number of aliphatic imine (C=N–C) groups is 1. The van der Waals surface area contributed by atoms with E-state index in [2.05, 4.69) is 20.2 Å². The molecule has 0 aromatic carbocycles. The van der Waals surface area contributed by atoms with Gasteiger partial charge in [-0.05, 0) is 32.9 Å². The van der Waals surface area contributed by atoms with Crippen LogP contribution in [-0.2, 0) is 11.3 Å². The molecule has 0 aliphatic carbocycles. The minimum absolute atomic E-state index is 0.204. The second kappa shape index (κ2) is 7.62. The molecule has 148 valence electrons. The van der Waals surface area contributed by atoms with Crippen LogP contribution in [-0.4, -0.2) is 78.8 Å². The van der Waals surface area contributed by atoms with Gasteiger partial charge in [-0.1, -0.05) is 6.07 Å². The van der Waals surface area contributed by atoms with E-state index in [-0.39, 0.29) is 12.1 Å². The number of carbonyl (C=O) groups is 1. The maximum Gasteiger partial charge on any atom is 0.410 e. The minimum Gasteiger partial charge on any atom is -0.444 e. The summed E-state index contributed by atoms with van der Waals surface area (Å²) in [7, 11) is 3.96. The zero-order chi connectivity index (χ0) is 19.6. The summed E-state index contributed by atoms with van der Waals surface area (Å²) in [5.74, 6) is 1.83. The highest BCUT2D eigenvalue weighted by atomic mass is 16.6. The smallest absolute Gasteiger partial charge is 0.410 e. The molecule has 3 heterocycles. The van der Waals surface area contributed by atoms with Crippen molar-refractivity contribution in [3.8, 4) is 0 Å². The molecule has 3 rings (SSSR count). The van der Waals surface area contributed by atoms with Crippen molar-refractivity contribution in [1.29, 1.82) is 0 Å². The molecule has 8 nitrogen and oxygen atoms in total. The number of hydrogen-bond acceptors (Lipinski definition) is 7. The Kier molecular flexibility index (Phi) is 5.43. The van der Waals surface area contributed by atoms with Crippen molar-refractivity contribution < 1.29 is 9.53 Å². The highest BCUT2D eigenvalue weighted by Gasteiger charge is 2.36.